The third-order valence-corrected chi connectivity index (χ3v) is 7.41. The van der Waals surface area contributed by atoms with Gasteiger partial charge in [-0.15, -0.1) is 10.2 Å². The molecule has 0 bridgehead atoms. The molecule has 2 N–H and O–H groups in total. The van der Waals surface area contributed by atoms with Crippen LogP contribution in [0, 0.1) is 5.92 Å². The van der Waals surface area contributed by atoms with Crippen molar-refractivity contribution in [2.24, 2.45) is 5.92 Å². The van der Waals surface area contributed by atoms with Gasteiger partial charge in [0.25, 0.3) is 0 Å². The van der Waals surface area contributed by atoms with Crippen LogP contribution in [0.4, 0.5) is 0 Å². The average Bonchev–Trinajstić information content (AvgIpc) is 3.60. The summed E-state index contributed by atoms with van der Waals surface area (Å²) in [6.07, 6.45) is 3.71. The molecule has 0 aliphatic rings. The number of aromatic nitrogens is 6. The highest BCUT2D eigenvalue weighted by Crippen LogP contribution is 2.30. The summed E-state index contributed by atoms with van der Waals surface area (Å²) in [5.41, 5.74) is 4.77. The molecule has 0 radical (unpaired) electrons. The predicted octanol–water partition coefficient (Wildman–Crippen LogP) is 5.45. The lowest BCUT2D eigenvalue weighted by Crippen LogP contribution is -2.40. The van der Waals surface area contributed by atoms with Gasteiger partial charge < -0.3 is 14.6 Å². The van der Waals surface area contributed by atoms with E-state index in [1.54, 1.807) is 7.05 Å². The van der Waals surface area contributed by atoms with Crippen LogP contribution in [0.1, 0.15) is 57.1 Å². The number of benzene rings is 2. The fraction of sp³-hybridized carbons (Fsp3) is 0.414. The van der Waals surface area contributed by atoms with E-state index in [1.165, 1.54) is 0 Å². The molecule has 0 saturated carbocycles. The molecule has 0 aliphatic carbocycles. The Kier molecular flexibility index (Phi) is 9.84. The Bertz CT molecular complexity index is 1350. The van der Waals surface area contributed by atoms with Crippen molar-refractivity contribution in [1.82, 2.24) is 35.5 Å². The number of nitrogens with zero attached hydrogens (tertiary/aromatic N) is 5. The number of aryl methyl sites for hydroxylation is 1. The third kappa shape index (κ3) is 6.72. The zero-order chi connectivity index (χ0) is 27.8. The van der Waals surface area contributed by atoms with Crippen LogP contribution in [0.2, 0.25) is 5.15 Å². The molecule has 0 fully saturated rings. The molecule has 206 valence electrons. The number of nitrogens with one attached hydrogen (secondary N) is 2. The molecule has 0 spiro atoms. The van der Waals surface area contributed by atoms with Crippen molar-refractivity contribution in [3.05, 3.63) is 70.8 Å². The number of imidazole rings is 1. The van der Waals surface area contributed by atoms with Crippen LogP contribution in [-0.4, -0.2) is 49.2 Å². The van der Waals surface area contributed by atoms with Crippen molar-refractivity contribution >= 4 is 17.6 Å². The van der Waals surface area contributed by atoms with Crippen molar-refractivity contribution in [2.75, 3.05) is 7.05 Å². The molecular formula is C29H36ClN7O2. The van der Waals surface area contributed by atoms with Gasteiger partial charge in [0.15, 0.2) is 5.15 Å². The molecule has 0 aliphatic heterocycles. The van der Waals surface area contributed by atoms with Crippen LogP contribution in [0.15, 0.2) is 48.5 Å². The number of H-pyrrole nitrogens is 1. The van der Waals surface area contributed by atoms with E-state index in [0.29, 0.717) is 23.2 Å². The Hall–Kier alpha value is -3.56. The zero-order valence-corrected chi connectivity index (χ0v) is 23.7. The average molecular weight is 550 g/mol. The number of hydrogen-bond donors (Lipinski definition) is 2. The number of halogens is 1. The highest BCUT2D eigenvalue weighted by atomic mass is 35.5. The number of likely N-dealkylation sites (N-methyl/N-ethyl adjacent to an activating group) is 1. The summed E-state index contributed by atoms with van der Waals surface area (Å²) in [7, 11) is 1.78. The quantitative estimate of drug-likeness (QED) is 0.213. The summed E-state index contributed by atoms with van der Waals surface area (Å²) in [6.45, 7) is 6.88. The number of ether oxygens (including phenoxy) is 1. The van der Waals surface area contributed by atoms with Gasteiger partial charge in [-0.2, -0.15) is 5.21 Å². The SMILES string of the molecule is CCCCc1nc(Cl)c(COC(=O)C(NC)C(C)CC)n1Cc1ccc(-c2ccccc2-c2nn[nH]n2)cc1. The van der Waals surface area contributed by atoms with Gasteiger partial charge in [-0.3, -0.25) is 4.79 Å². The normalized spacial score (nSPS) is 12.8. The molecule has 2 heterocycles. The number of tetrazole rings is 1. The second-order valence-electron chi connectivity index (χ2n) is 9.69. The van der Waals surface area contributed by atoms with Crippen molar-refractivity contribution in [3.8, 4) is 22.5 Å². The lowest BCUT2D eigenvalue weighted by molar-refractivity contribution is -0.149. The number of hydrogen-bond acceptors (Lipinski definition) is 7. The second-order valence-corrected chi connectivity index (χ2v) is 10.1. The van der Waals surface area contributed by atoms with Crippen molar-refractivity contribution in [3.63, 3.8) is 0 Å². The minimum absolute atomic E-state index is 0.0710. The topological polar surface area (TPSA) is 111 Å². The molecule has 10 heteroatoms. The Labute approximate surface area is 234 Å². The number of unbranched alkanes of at least 4 members (excludes halogenated alkanes) is 1. The maximum absolute atomic E-state index is 12.8. The first-order chi connectivity index (χ1) is 19.0. The lowest BCUT2D eigenvalue weighted by atomic mass is 9.98. The highest BCUT2D eigenvalue weighted by Gasteiger charge is 2.25. The minimum atomic E-state index is -0.368. The van der Waals surface area contributed by atoms with E-state index in [0.717, 1.165) is 53.8 Å². The number of aromatic amines is 1. The van der Waals surface area contributed by atoms with E-state index < -0.39 is 0 Å². The fourth-order valence-corrected chi connectivity index (χ4v) is 4.89. The molecular weight excluding hydrogens is 514 g/mol. The van der Waals surface area contributed by atoms with Crippen LogP contribution in [0.25, 0.3) is 22.5 Å². The van der Waals surface area contributed by atoms with E-state index in [1.807, 2.05) is 31.2 Å². The van der Waals surface area contributed by atoms with Gasteiger partial charge in [0.05, 0.1) is 5.69 Å². The number of esters is 1. The smallest absolute Gasteiger partial charge is 0.323 e. The molecule has 9 nitrogen and oxygen atoms in total. The van der Waals surface area contributed by atoms with E-state index >= 15 is 0 Å². The summed E-state index contributed by atoms with van der Waals surface area (Å²) in [4.78, 5) is 17.5. The number of carbonyl (C=O) groups is 1. The van der Waals surface area contributed by atoms with Crippen LogP contribution < -0.4 is 5.32 Å². The Morgan fingerprint density at radius 1 is 1.13 bits per heavy atom. The van der Waals surface area contributed by atoms with E-state index in [2.05, 4.69) is 73.6 Å². The van der Waals surface area contributed by atoms with Crippen LogP contribution in [-0.2, 0) is 29.1 Å². The van der Waals surface area contributed by atoms with Crippen LogP contribution >= 0.6 is 11.6 Å². The van der Waals surface area contributed by atoms with E-state index in [9.17, 15) is 4.79 Å². The van der Waals surface area contributed by atoms with Gasteiger partial charge in [-0.1, -0.05) is 93.7 Å². The molecule has 39 heavy (non-hydrogen) atoms. The predicted molar refractivity (Wildman–Crippen MR) is 152 cm³/mol. The van der Waals surface area contributed by atoms with Gasteiger partial charge in [0, 0.05) is 18.5 Å². The molecule has 0 amide bonds. The molecule has 4 aromatic rings. The van der Waals surface area contributed by atoms with Crippen molar-refractivity contribution in [1.29, 1.82) is 0 Å². The zero-order valence-electron chi connectivity index (χ0n) is 22.9. The van der Waals surface area contributed by atoms with Crippen molar-refractivity contribution < 1.29 is 9.53 Å². The maximum Gasteiger partial charge on any atom is 0.323 e. The van der Waals surface area contributed by atoms with Crippen LogP contribution in [0.3, 0.4) is 0 Å². The Morgan fingerprint density at radius 2 is 1.87 bits per heavy atom. The number of carbonyl (C=O) groups excluding carboxylic acids is 1. The fourth-order valence-electron chi connectivity index (χ4n) is 4.63. The second kappa shape index (κ2) is 13.5. The minimum Gasteiger partial charge on any atom is -0.458 e. The van der Waals surface area contributed by atoms with E-state index in [4.69, 9.17) is 16.3 Å². The summed E-state index contributed by atoms with van der Waals surface area (Å²) < 4.78 is 7.83. The van der Waals surface area contributed by atoms with Gasteiger partial charge in [-0.25, -0.2) is 4.98 Å². The first-order valence-electron chi connectivity index (χ1n) is 13.5. The van der Waals surface area contributed by atoms with Gasteiger partial charge in [0.1, 0.15) is 18.5 Å². The third-order valence-electron chi connectivity index (χ3n) is 7.10. The summed E-state index contributed by atoms with van der Waals surface area (Å²) >= 11 is 6.60. The monoisotopic (exact) mass is 549 g/mol. The lowest BCUT2D eigenvalue weighted by Gasteiger charge is -2.21. The largest absolute Gasteiger partial charge is 0.458 e. The maximum atomic E-state index is 12.8. The van der Waals surface area contributed by atoms with Crippen molar-refractivity contribution in [2.45, 2.75) is 65.6 Å². The number of rotatable bonds is 13. The van der Waals surface area contributed by atoms with Gasteiger partial charge in [0.2, 0.25) is 5.82 Å². The Balaban J connectivity index is 1.57. The summed E-state index contributed by atoms with van der Waals surface area (Å²) in [6, 6.07) is 16.0. The molecule has 2 unspecified atom stereocenters. The first kappa shape index (κ1) is 28.4. The molecule has 0 saturated heterocycles. The molecule has 4 rings (SSSR count). The molecule has 2 atom stereocenters. The standard InChI is InChI=1S/C29H36ClN7O2/c1-5-7-12-25-32-27(30)24(18-39-29(38)26(31-4)19(3)6-2)37(25)17-20-13-15-21(16-14-20)22-10-8-9-11-23(22)28-33-35-36-34-28/h8-11,13-16,19,26,31H,5-7,12,17-18H2,1-4H3,(H,33,34,35,36). The summed E-state index contributed by atoms with van der Waals surface area (Å²) in [5, 5.41) is 18.0. The van der Waals surface area contributed by atoms with Crippen LogP contribution in [0.5, 0.6) is 0 Å². The Morgan fingerprint density at radius 3 is 2.51 bits per heavy atom. The summed E-state index contributed by atoms with van der Waals surface area (Å²) in [5.74, 6) is 1.32. The van der Waals surface area contributed by atoms with Gasteiger partial charge >= 0.3 is 5.97 Å². The molecule has 2 aromatic carbocycles. The van der Waals surface area contributed by atoms with Gasteiger partial charge in [-0.05, 0) is 41.3 Å². The highest BCUT2D eigenvalue weighted by molar-refractivity contribution is 6.30. The van der Waals surface area contributed by atoms with E-state index in [-0.39, 0.29) is 24.5 Å². The first-order valence-corrected chi connectivity index (χ1v) is 13.8. The molecule has 2 aromatic heterocycles.